The lowest BCUT2D eigenvalue weighted by atomic mass is 10.0. The fourth-order valence-corrected chi connectivity index (χ4v) is 5.53. The van der Waals surface area contributed by atoms with E-state index in [1.54, 1.807) is 5.56 Å². The molecule has 1 aromatic rings. The summed E-state index contributed by atoms with van der Waals surface area (Å²) in [4.78, 5) is 0. The fraction of sp³-hybridized carbons (Fsp3) is 0.727. The molecule has 0 aliphatic carbocycles. The Balaban J connectivity index is 2.17. The molecule has 0 aliphatic rings. The monoisotopic (exact) mass is 335 g/mol. The lowest BCUT2D eigenvalue weighted by molar-refractivity contribution is 0.547. The summed E-state index contributed by atoms with van der Waals surface area (Å²) in [6.07, 6.45) is 15.7. The van der Waals surface area contributed by atoms with Gasteiger partial charge >= 0.3 is 0 Å². The second kappa shape index (κ2) is 12.1. The van der Waals surface area contributed by atoms with Crippen molar-refractivity contribution < 1.29 is 0 Å². The Hall–Kier alpha value is -0.350. The molecule has 0 amide bonds. The molecule has 0 saturated carbocycles. The van der Waals surface area contributed by atoms with Crippen molar-refractivity contribution >= 4 is 7.26 Å². The van der Waals surface area contributed by atoms with Crippen LogP contribution < -0.4 is 0 Å². The Labute approximate surface area is 146 Å². The molecule has 0 nitrogen and oxygen atoms in total. The van der Waals surface area contributed by atoms with Gasteiger partial charge in [-0.25, -0.2) is 0 Å². The summed E-state index contributed by atoms with van der Waals surface area (Å²) < 4.78 is 0. The minimum atomic E-state index is -0.825. The number of hydrogen-bond acceptors (Lipinski definition) is 0. The Morgan fingerprint density at radius 1 is 0.696 bits per heavy atom. The van der Waals surface area contributed by atoms with E-state index in [-0.39, 0.29) is 0 Å². The van der Waals surface area contributed by atoms with E-state index in [1.165, 1.54) is 70.6 Å². The predicted octanol–water partition coefficient (Wildman–Crippen LogP) is 7.95. The van der Waals surface area contributed by atoms with E-state index in [1.807, 2.05) is 0 Å². The Morgan fingerprint density at radius 3 is 1.65 bits per heavy atom. The van der Waals surface area contributed by atoms with Crippen molar-refractivity contribution in [3.63, 3.8) is 0 Å². The largest absolute Gasteiger partial charge is 0.0937 e. The maximum atomic E-state index is 2.50. The molecule has 0 N–H and O–H groups in total. The molecule has 23 heavy (non-hydrogen) atoms. The van der Waals surface area contributed by atoms with Gasteiger partial charge in [-0.1, -0.05) is 95.0 Å². The van der Waals surface area contributed by atoms with Crippen LogP contribution in [0.3, 0.4) is 0 Å². The zero-order valence-corrected chi connectivity index (χ0v) is 17.1. The highest BCUT2D eigenvalue weighted by Crippen LogP contribution is 2.62. The number of benzene rings is 1. The third-order valence-corrected chi connectivity index (χ3v) is 7.38. The molecule has 0 radical (unpaired) electrons. The van der Waals surface area contributed by atoms with E-state index < -0.39 is 7.26 Å². The van der Waals surface area contributed by atoms with Crippen LogP contribution in [-0.4, -0.2) is 20.0 Å². The van der Waals surface area contributed by atoms with Gasteiger partial charge in [0.15, 0.2) is 0 Å². The first kappa shape index (κ1) is 20.7. The number of rotatable bonds is 13. The standard InChI is InChI=1S/C22H40P/c1-5-6-7-8-9-10-11-12-13-17-20-22(23(2,3)4)21-18-15-14-16-19-21/h14-16,18-19,22H,5-13,17,20H2,1-4H3/q+1. The van der Waals surface area contributed by atoms with Crippen LogP contribution in [0, 0.1) is 0 Å². The minimum Gasteiger partial charge on any atom is -0.0654 e. The van der Waals surface area contributed by atoms with Crippen LogP contribution >= 0.6 is 7.26 Å². The van der Waals surface area contributed by atoms with Crippen LogP contribution in [0.25, 0.3) is 0 Å². The zero-order valence-electron chi connectivity index (χ0n) is 16.2. The Morgan fingerprint density at radius 2 is 1.17 bits per heavy atom. The van der Waals surface area contributed by atoms with Crippen LogP contribution in [0.1, 0.15) is 88.8 Å². The molecule has 1 heteroatoms. The van der Waals surface area contributed by atoms with Crippen LogP contribution in [0.5, 0.6) is 0 Å². The summed E-state index contributed by atoms with van der Waals surface area (Å²) in [5, 5.41) is 0. The first-order valence-corrected chi connectivity index (χ1v) is 13.1. The average Bonchev–Trinajstić information content (AvgIpc) is 2.52. The molecule has 0 spiro atoms. The van der Waals surface area contributed by atoms with Crippen molar-refractivity contribution in [3.05, 3.63) is 35.9 Å². The van der Waals surface area contributed by atoms with E-state index in [4.69, 9.17) is 0 Å². The molecule has 132 valence electrons. The second-order valence-corrected chi connectivity index (χ2v) is 12.9. The van der Waals surface area contributed by atoms with Gasteiger partial charge in [-0.3, -0.25) is 0 Å². The van der Waals surface area contributed by atoms with Crippen molar-refractivity contribution in [2.75, 3.05) is 20.0 Å². The van der Waals surface area contributed by atoms with E-state index in [0.717, 1.165) is 5.66 Å². The van der Waals surface area contributed by atoms with Gasteiger partial charge in [0.05, 0.1) is 5.66 Å². The summed E-state index contributed by atoms with van der Waals surface area (Å²) in [6.45, 7) is 9.80. The van der Waals surface area contributed by atoms with Gasteiger partial charge in [-0.15, -0.1) is 0 Å². The smallest absolute Gasteiger partial charge is 0.0654 e. The molecular formula is C22H40P+. The molecule has 0 fully saturated rings. The van der Waals surface area contributed by atoms with E-state index in [2.05, 4.69) is 57.3 Å². The SMILES string of the molecule is CCCCCCCCCCCCC(c1ccccc1)[P+](C)(C)C. The van der Waals surface area contributed by atoms with Crippen molar-refractivity contribution in [2.45, 2.75) is 83.2 Å². The van der Waals surface area contributed by atoms with Gasteiger partial charge in [0, 0.05) is 27.3 Å². The molecule has 1 rings (SSSR count). The van der Waals surface area contributed by atoms with Gasteiger partial charge in [0.2, 0.25) is 0 Å². The van der Waals surface area contributed by atoms with Crippen LogP contribution in [0.4, 0.5) is 0 Å². The van der Waals surface area contributed by atoms with Gasteiger partial charge in [-0.05, 0) is 18.4 Å². The molecule has 0 saturated heterocycles. The van der Waals surface area contributed by atoms with E-state index in [9.17, 15) is 0 Å². The van der Waals surface area contributed by atoms with Crippen LogP contribution in [-0.2, 0) is 0 Å². The second-order valence-electron chi connectivity index (χ2n) is 8.01. The molecule has 0 aliphatic heterocycles. The molecule has 1 unspecified atom stereocenters. The molecule has 0 aromatic heterocycles. The zero-order chi connectivity index (χ0) is 17.0. The summed E-state index contributed by atoms with van der Waals surface area (Å²) in [7, 11) is -0.825. The molecular weight excluding hydrogens is 295 g/mol. The highest BCUT2D eigenvalue weighted by Gasteiger charge is 2.31. The summed E-state index contributed by atoms with van der Waals surface area (Å²) in [6, 6.07) is 11.2. The fourth-order valence-electron chi connectivity index (χ4n) is 3.50. The van der Waals surface area contributed by atoms with Crippen molar-refractivity contribution in [1.82, 2.24) is 0 Å². The van der Waals surface area contributed by atoms with Crippen molar-refractivity contribution in [3.8, 4) is 0 Å². The normalized spacial score (nSPS) is 13.2. The Bertz CT molecular complexity index is 377. The maximum absolute atomic E-state index is 2.50. The molecule has 1 atom stereocenters. The topological polar surface area (TPSA) is 0 Å². The lowest BCUT2D eigenvalue weighted by Gasteiger charge is -2.25. The van der Waals surface area contributed by atoms with Crippen molar-refractivity contribution in [1.29, 1.82) is 0 Å². The molecule has 1 aromatic carbocycles. The van der Waals surface area contributed by atoms with Crippen molar-refractivity contribution in [2.24, 2.45) is 0 Å². The lowest BCUT2D eigenvalue weighted by Crippen LogP contribution is -2.03. The van der Waals surface area contributed by atoms with E-state index >= 15 is 0 Å². The maximum Gasteiger partial charge on any atom is 0.0937 e. The average molecular weight is 336 g/mol. The summed E-state index contributed by atoms with van der Waals surface area (Å²) in [5.74, 6) is 0. The molecule has 0 bridgehead atoms. The summed E-state index contributed by atoms with van der Waals surface area (Å²) in [5.41, 5.74) is 2.38. The van der Waals surface area contributed by atoms with Gasteiger partial charge in [0.25, 0.3) is 0 Å². The number of hydrogen-bond donors (Lipinski definition) is 0. The molecule has 0 heterocycles. The summed E-state index contributed by atoms with van der Waals surface area (Å²) >= 11 is 0. The quantitative estimate of drug-likeness (QED) is 0.253. The third-order valence-electron chi connectivity index (χ3n) is 4.95. The van der Waals surface area contributed by atoms with Crippen LogP contribution in [0.2, 0.25) is 0 Å². The first-order chi connectivity index (χ1) is 11.1. The highest BCUT2D eigenvalue weighted by molar-refractivity contribution is 7.74. The third kappa shape index (κ3) is 9.51. The van der Waals surface area contributed by atoms with Gasteiger partial charge in [-0.2, -0.15) is 0 Å². The minimum absolute atomic E-state index is 0.803. The van der Waals surface area contributed by atoms with E-state index in [0.29, 0.717) is 0 Å². The predicted molar refractivity (Wildman–Crippen MR) is 110 cm³/mol. The first-order valence-electron chi connectivity index (χ1n) is 9.91. The van der Waals surface area contributed by atoms with Crippen LogP contribution in [0.15, 0.2) is 30.3 Å². The van der Waals surface area contributed by atoms with Gasteiger partial charge in [0.1, 0.15) is 0 Å². The highest BCUT2D eigenvalue weighted by atomic mass is 31.2. The van der Waals surface area contributed by atoms with Gasteiger partial charge < -0.3 is 0 Å². The Kier molecular flexibility index (Phi) is 10.9. The number of unbranched alkanes of at least 4 members (excludes halogenated alkanes) is 9.